The number of methoxy groups -OCH3 is 1. The van der Waals surface area contributed by atoms with Crippen LogP contribution < -0.4 is 10.1 Å². The number of amides is 1. The molecule has 9 heteroatoms. The molecule has 0 saturated heterocycles. The second kappa shape index (κ2) is 9.99. The summed E-state index contributed by atoms with van der Waals surface area (Å²) in [5.41, 5.74) is 4.02. The molecule has 1 aliphatic carbocycles. The largest absolute Gasteiger partial charge is 0.496 e. The first-order valence-electron chi connectivity index (χ1n) is 13.3. The number of carbonyl (C=O) groups is 2. The van der Waals surface area contributed by atoms with E-state index in [0.29, 0.717) is 50.9 Å². The van der Waals surface area contributed by atoms with Crippen molar-refractivity contribution in [3.8, 4) is 28.2 Å². The van der Waals surface area contributed by atoms with Gasteiger partial charge in [0.1, 0.15) is 22.9 Å². The van der Waals surface area contributed by atoms with E-state index < -0.39 is 5.41 Å². The predicted molar refractivity (Wildman–Crippen MR) is 151 cm³/mol. The van der Waals surface area contributed by atoms with Crippen LogP contribution in [0.5, 0.6) is 5.75 Å². The van der Waals surface area contributed by atoms with Crippen molar-refractivity contribution in [2.24, 2.45) is 0 Å². The number of ether oxygens (including phenoxy) is 1. The first-order chi connectivity index (χ1) is 19.7. The lowest BCUT2D eigenvalue weighted by atomic mass is 9.90. The second-order valence-corrected chi connectivity index (χ2v) is 10.5. The molecule has 1 aliphatic rings. The molecule has 0 bridgehead atoms. The minimum atomic E-state index is -0.417. The Morgan fingerprint density at radius 1 is 1.05 bits per heavy atom. The summed E-state index contributed by atoms with van der Waals surface area (Å²) in [4.78, 5) is 31.1. The summed E-state index contributed by atoms with van der Waals surface area (Å²) in [5, 5.41) is 7.36. The van der Waals surface area contributed by atoms with Crippen molar-refractivity contribution in [2.75, 3.05) is 14.2 Å². The quantitative estimate of drug-likeness (QED) is 0.216. The Labute approximate surface area is 235 Å². The Hall–Kier alpha value is -4.79. The summed E-state index contributed by atoms with van der Waals surface area (Å²) in [6.45, 7) is 3.68. The van der Waals surface area contributed by atoms with Crippen molar-refractivity contribution in [3.05, 3.63) is 88.8 Å². The average molecular weight is 554 g/mol. The molecule has 1 amide bonds. The van der Waals surface area contributed by atoms with E-state index in [1.165, 1.54) is 12.1 Å². The summed E-state index contributed by atoms with van der Waals surface area (Å²) in [6, 6.07) is 15.1. The highest BCUT2D eigenvalue weighted by Crippen LogP contribution is 2.51. The monoisotopic (exact) mass is 553 g/mol. The van der Waals surface area contributed by atoms with Crippen LogP contribution in [0.2, 0.25) is 0 Å². The molecule has 3 aromatic carbocycles. The molecule has 0 spiro atoms. The zero-order chi connectivity index (χ0) is 28.9. The Balaban J connectivity index is 1.43. The minimum absolute atomic E-state index is 0.0721. The van der Waals surface area contributed by atoms with Gasteiger partial charge in [-0.1, -0.05) is 11.2 Å². The van der Waals surface area contributed by atoms with Crippen molar-refractivity contribution in [1.82, 2.24) is 15.5 Å². The number of fused-ring (bicyclic) bond motifs is 1. The molecule has 1 saturated carbocycles. The molecule has 6 rings (SSSR count). The van der Waals surface area contributed by atoms with Crippen molar-refractivity contribution in [1.29, 1.82) is 0 Å². The highest BCUT2D eigenvalue weighted by atomic mass is 19.1. The maximum Gasteiger partial charge on any atom is 0.255 e. The fourth-order valence-electron chi connectivity index (χ4n) is 5.35. The Bertz CT molecular complexity index is 1820. The molecule has 41 heavy (non-hydrogen) atoms. The van der Waals surface area contributed by atoms with Gasteiger partial charge in [0, 0.05) is 36.8 Å². The standard InChI is InChI=1S/C32H28FN3O5/c1-17-13-27(39-4)23(25(37)16-32(11-12-32)31-35-18(2)41-36-31)15-22(17)20-7-10-26-24(14-20)28(30(38)34-3)29(40-26)19-5-8-21(33)9-6-19/h5-10,13-15H,11-12,16H2,1-4H3,(H,34,38). The molecular weight excluding hydrogens is 525 g/mol. The van der Waals surface area contributed by atoms with E-state index in [2.05, 4.69) is 15.5 Å². The average Bonchev–Trinajstić information content (AvgIpc) is 3.44. The molecule has 5 aromatic rings. The number of rotatable bonds is 8. The van der Waals surface area contributed by atoms with E-state index in [1.54, 1.807) is 39.3 Å². The molecule has 208 valence electrons. The maximum atomic E-state index is 13.7. The van der Waals surface area contributed by atoms with Gasteiger partial charge in [-0.15, -0.1) is 0 Å². The number of ketones is 1. The van der Waals surface area contributed by atoms with Crippen LogP contribution >= 0.6 is 0 Å². The van der Waals surface area contributed by atoms with Crippen molar-refractivity contribution >= 4 is 22.7 Å². The van der Waals surface area contributed by atoms with Gasteiger partial charge < -0.3 is 19.0 Å². The SMILES string of the molecule is CNC(=O)c1c(-c2ccc(F)cc2)oc2ccc(-c3cc(C(=O)CC4(c5noc(C)n5)CC4)c(OC)cc3C)cc12. The normalized spacial score (nSPS) is 13.8. The van der Waals surface area contributed by atoms with Crippen LogP contribution in [0.15, 0.2) is 63.5 Å². The topological polar surface area (TPSA) is 107 Å². The van der Waals surface area contributed by atoms with Gasteiger partial charge in [-0.05, 0) is 85.0 Å². The fraction of sp³-hybridized carbons (Fsp3) is 0.250. The number of benzene rings is 3. The maximum absolute atomic E-state index is 13.7. The third-order valence-electron chi connectivity index (χ3n) is 7.76. The number of halogens is 1. The third kappa shape index (κ3) is 4.67. The Morgan fingerprint density at radius 2 is 1.78 bits per heavy atom. The van der Waals surface area contributed by atoms with Gasteiger partial charge in [-0.2, -0.15) is 4.98 Å². The van der Waals surface area contributed by atoms with Gasteiger partial charge in [0.25, 0.3) is 5.91 Å². The van der Waals surface area contributed by atoms with E-state index in [4.69, 9.17) is 13.7 Å². The number of aryl methyl sites for hydroxylation is 2. The molecule has 8 nitrogen and oxygen atoms in total. The summed E-state index contributed by atoms with van der Waals surface area (Å²) >= 11 is 0. The fourth-order valence-corrected chi connectivity index (χ4v) is 5.35. The lowest BCUT2D eigenvalue weighted by molar-refractivity contribution is 0.0956. The summed E-state index contributed by atoms with van der Waals surface area (Å²) < 4.78 is 30.5. The summed E-state index contributed by atoms with van der Waals surface area (Å²) in [5.74, 6) is 1.11. The van der Waals surface area contributed by atoms with Gasteiger partial charge in [0.2, 0.25) is 5.89 Å². The Morgan fingerprint density at radius 3 is 2.41 bits per heavy atom. The number of nitrogens with one attached hydrogen (secondary N) is 1. The number of hydrogen-bond donors (Lipinski definition) is 1. The highest BCUT2D eigenvalue weighted by molar-refractivity contribution is 6.12. The number of Topliss-reactive ketones (excluding diaryl/α,β-unsaturated/α-hetero) is 1. The van der Waals surface area contributed by atoms with Crippen molar-refractivity contribution < 1.29 is 27.7 Å². The van der Waals surface area contributed by atoms with Gasteiger partial charge in [-0.25, -0.2) is 4.39 Å². The van der Waals surface area contributed by atoms with Gasteiger partial charge in [0.15, 0.2) is 11.6 Å². The molecule has 2 aromatic heterocycles. The van der Waals surface area contributed by atoms with E-state index in [1.807, 2.05) is 31.2 Å². The summed E-state index contributed by atoms with van der Waals surface area (Å²) in [6.07, 6.45) is 1.87. The third-order valence-corrected chi connectivity index (χ3v) is 7.76. The highest BCUT2D eigenvalue weighted by Gasteiger charge is 2.50. The molecule has 0 aliphatic heterocycles. The predicted octanol–water partition coefficient (Wildman–Crippen LogP) is 6.58. The van der Waals surface area contributed by atoms with Crippen LogP contribution in [0, 0.1) is 19.7 Å². The molecule has 2 heterocycles. The van der Waals surface area contributed by atoms with E-state index >= 15 is 0 Å². The number of carbonyl (C=O) groups excluding carboxylic acids is 2. The smallest absolute Gasteiger partial charge is 0.255 e. The van der Waals surface area contributed by atoms with Crippen LogP contribution in [0.25, 0.3) is 33.4 Å². The van der Waals surface area contributed by atoms with Crippen molar-refractivity contribution in [3.63, 3.8) is 0 Å². The lowest BCUT2D eigenvalue weighted by Crippen LogP contribution is -2.18. The number of hydrogen-bond acceptors (Lipinski definition) is 7. The first-order valence-corrected chi connectivity index (χ1v) is 13.3. The second-order valence-electron chi connectivity index (χ2n) is 10.5. The minimum Gasteiger partial charge on any atom is -0.496 e. The zero-order valence-electron chi connectivity index (χ0n) is 23.1. The Kier molecular flexibility index (Phi) is 6.44. The van der Waals surface area contributed by atoms with Crippen LogP contribution in [0.3, 0.4) is 0 Å². The number of aromatic nitrogens is 2. The number of nitrogens with zero attached hydrogens (tertiary/aromatic N) is 2. The summed E-state index contributed by atoms with van der Waals surface area (Å²) in [7, 11) is 3.10. The van der Waals surface area contributed by atoms with E-state index in [-0.39, 0.29) is 23.9 Å². The molecule has 0 unspecified atom stereocenters. The van der Waals surface area contributed by atoms with Gasteiger partial charge >= 0.3 is 0 Å². The van der Waals surface area contributed by atoms with E-state index in [9.17, 15) is 14.0 Å². The molecule has 0 atom stereocenters. The van der Waals surface area contributed by atoms with Gasteiger partial charge in [-0.3, -0.25) is 9.59 Å². The molecule has 1 fully saturated rings. The van der Waals surface area contributed by atoms with Crippen LogP contribution in [-0.2, 0) is 5.41 Å². The van der Waals surface area contributed by atoms with Gasteiger partial charge in [0.05, 0.1) is 18.2 Å². The van der Waals surface area contributed by atoms with Crippen LogP contribution in [0.1, 0.15) is 57.3 Å². The molecular formula is C32H28FN3O5. The van der Waals surface area contributed by atoms with Crippen LogP contribution in [-0.4, -0.2) is 36.0 Å². The number of furan rings is 1. The zero-order valence-corrected chi connectivity index (χ0v) is 23.1. The van der Waals surface area contributed by atoms with Crippen molar-refractivity contribution in [2.45, 2.75) is 38.5 Å². The van der Waals surface area contributed by atoms with E-state index in [0.717, 1.165) is 29.5 Å². The molecule has 0 radical (unpaired) electrons. The first kappa shape index (κ1) is 26.4. The lowest BCUT2D eigenvalue weighted by Gasteiger charge is -2.16. The molecule has 1 N–H and O–H groups in total. The van der Waals surface area contributed by atoms with Crippen LogP contribution in [0.4, 0.5) is 4.39 Å².